The fraction of sp³-hybridized carbons (Fsp3) is 0.550. The van der Waals surface area contributed by atoms with Crippen LogP contribution in [0.1, 0.15) is 23.3 Å². The third kappa shape index (κ3) is 3.90. The summed E-state index contributed by atoms with van der Waals surface area (Å²) < 4.78 is 40.3. The molecule has 0 radical (unpaired) electrons. The van der Waals surface area contributed by atoms with Gasteiger partial charge in [-0.1, -0.05) is 0 Å². The minimum atomic E-state index is -4.21. The molecule has 0 amide bonds. The quantitative estimate of drug-likeness (QED) is 0.625. The summed E-state index contributed by atoms with van der Waals surface area (Å²) in [6.07, 6.45) is 2.48. The van der Waals surface area contributed by atoms with Gasteiger partial charge in [-0.2, -0.15) is 18.3 Å². The highest BCUT2D eigenvalue weighted by atomic mass is 32.1. The van der Waals surface area contributed by atoms with Crippen molar-refractivity contribution in [3.05, 3.63) is 35.2 Å². The lowest BCUT2D eigenvalue weighted by atomic mass is 9.92. The highest BCUT2D eigenvalue weighted by Gasteiger charge is 2.39. The first-order valence-corrected chi connectivity index (χ1v) is 10.9. The number of likely N-dealkylation sites (tertiary alicyclic amines) is 1. The fourth-order valence-corrected chi connectivity index (χ4v) is 5.91. The van der Waals surface area contributed by atoms with E-state index >= 15 is 0 Å². The lowest BCUT2D eigenvalue weighted by Crippen LogP contribution is -2.46. The molecule has 0 aliphatic carbocycles. The van der Waals surface area contributed by atoms with Gasteiger partial charge in [0, 0.05) is 49.4 Å². The molecule has 3 aromatic heterocycles. The minimum absolute atomic E-state index is 0.289. The number of hydrogen-bond acceptors (Lipinski definition) is 6. The summed E-state index contributed by atoms with van der Waals surface area (Å²) in [5.74, 6) is 1.31. The normalized spacial score (nSPS) is 22.7. The predicted octanol–water partition coefficient (Wildman–Crippen LogP) is 3.63. The maximum atomic E-state index is 12.8. The molecule has 30 heavy (non-hydrogen) atoms. The summed E-state index contributed by atoms with van der Waals surface area (Å²) in [7, 11) is 1.93. The molecule has 160 valence electrons. The van der Waals surface area contributed by atoms with Gasteiger partial charge in [-0.25, -0.2) is 9.97 Å². The highest BCUT2D eigenvalue weighted by Crippen LogP contribution is 2.38. The third-order valence-electron chi connectivity index (χ3n) is 6.13. The van der Waals surface area contributed by atoms with E-state index in [2.05, 4.69) is 31.1 Å². The van der Waals surface area contributed by atoms with Crippen molar-refractivity contribution in [3.63, 3.8) is 0 Å². The lowest BCUT2D eigenvalue weighted by Gasteiger charge is -2.38. The van der Waals surface area contributed by atoms with Crippen molar-refractivity contribution < 1.29 is 13.2 Å². The first-order chi connectivity index (χ1) is 14.4. The number of rotatable bonds is 4. The van der Waals surface area contributed by atoms with Crippen LogP contribution in [0.3, 0.4) is 0 Å². The van der Waals surface area contributed by atoms with E-state index in [1.807, 2.05) is 17.9 Å². The van der Waals surface area contributed by atoms with Crippen LogP contribution in [-0.2, 0) is 20.0 Å². The van der Waals surface area contributed by atoms with Crippen molar-refractivity contribution in [3.8, 4) is 0 Å². The molecule has 2 aliphatic heterocycles. The van der Waals surface area contributed by atoms with Gasteiger partial charge in [-0.05, 0) is 31.4 Å². The van der Waals surface area contributed by atoms with Crippen LogP contribution in [0.25, 0.3) is 10.2 Å². The summed E-state index contributed by atoms with van der Waals surface area (Å²) in [6.45, 7) is 3.70. The van der Waals surface area contributed by atoms with E-state index in [4.69, 9.17) is 0 Å². The van der Waals surface area contributed by atoms with Crippen molar-refractivity contribution in [1.29, 1.82) is 0 Å². The summed E-state index contributed by atoms with van der Waals surface area (Å²) in [5, 5.41) is 5.01. The van der Waals surface area contributed by atoms with Gasteiger partial charge in [-0.15, -0.1) is 11.3 Å². The molecule has 0 bridgehead atoms. The Morgan fingerprint density at radius 3 is 2.83 bits per heavy atom. The highest BCUT2D eigenvalue weighted by molar-refractivity contribution is 7.18. The van der Waals surface area contributed by atoms with E-state index in [0.717, 1.165) is 61.6 Å². The van der Waals surface area contributed by atoms with E-state index in [9.17, 15) is 13.2 Å². The van der Waals surface area contributed by atoms with Crippen LogP contribution in [0.2, 0.25) is 0 Å². The van der Waals surface area contributed by atoms with Crippen LogP contribution in [0, 0.1) is 5.92 Å². The topological polar surface area (TPSA) is 50.1 Å². The Labute approximate surface area is 176 Å². The fourth-order valence-electron chi connectivity index (χ4n) is 4.89. The van der Waals surface area contributed by atoms with Gasteiger partial charge >= 0.3 is 6.18 Å². The smallest absolute Gasteiger partial charge is 0.356 e. The van der Waals surface area contributed by atoms with E-state index in [-0.39, 0.29) is 4.88 Å². The van der Waals surface area contributed by atoms with Crippen LogP contribution >= 0.6 is 11.3 Å². The average molecular weight is 437 g/mol. The molecule has 0 aromatic carbocycles. The molecule has 10 heteroatoms. The van der Waals surface area contributed by atoms with Gasteiger partial charge in [0.15, 0.2) is 0 Å². The van der Waals surface area contributed by atoms with Crippen LogP contribution in [0.15, 0.2) is 24.8 Å². The second kappa shape index (κ2) is 7.49. The van der Waals surface area contributed by atoms with Crippen LogP contribution in [0.4, 0.5) is 19.0 Å². The van der Waals surface area contributed by atoms with Gasteiger partial charge in [0.2, 0.25) is 0 Å². The number of aryl methyl sites for hydroxylation is 1. The molecule has 0 N–H and O–H groups in total. The van der Waals surface area contributed by atoms with E-state index in [1.165, 1.54) is 11.9 Å². The van der Waals surface area contributed by atoms with Crippen molar-refractivity contribution in [1.82, 2.24) is 24.6 Å². The van der Waals surface area contributed by atoms with Gasteiger partial charge in [-0.3, -0.25) is 9.58 Å². The Balaban J connectivity index is 1.32. The standard InChI is InChI=1S/C20H23F3N6S/c1-27-9-13(8-26-27)10-28-4-2-14-11-29(5-3-17(14)28)18-16-6-15(7-20(21,22)23)30-19(16)25-12-24-18/h6,8-9,12,14,17H,2-5,7,10-11H2,1H3/t14-,17+/m1/s1. The number of halogens is 3. The number of piperidine rings is 1. The zero-order valence-electron chi connectivity index (χ0n) is 16.6. The Kier molecular flexibility index (Phi) is 4.93. The SMILES string of the molecule is Cn1cc(CN2CC[C@@H]3CN(c4ncnc5sc(CC(F)(F)F)cc45)CC[C@@H]32)cn1. The van der Waals surface area contributed by atoms with Crippen LogP contribution in [-0.4, -0.2) is 56.5 Å². The minimum Gasteiger partial charge on any atom is -0.356 e. The Bertz CT molecular complexity index is 1040. The molecule has 0 spiro atoms. The molecule has 2 aliphatic rings. The molecule has 2 fully saturated rings. The zero-order chi connectivity index (χ0) is 20.9. The number of hydrogen-bond donors (Lipinski definition) is 0. The molecule has 3 aromatic rings. The average Bonchev–Trinajstić information content (AvgIpc) is 3.38. The molecule has 0 unspecified atom stereocenters. The Hall–Kier alpha value is -2.20. The van der Waals surface area contributed by atoms with Crippen LogP contribution < -0.4 is 4.90 Å². The zero-order valence-corrected chi connectivity index (χ0v) is 17.5. The molecule has 5 rings (SSSR count). The van der Waals surface area contributed by atoms with E-state index in [0.29, 0.717) is 16.8 Å². The number of fused-ring (bicyclic) bond motifs is 2. The predicted molar refractivity (Wildman–Crippen MR) is 110 cm³/mol. The third-order valence-corrected chi connectivity index (χ3v) is 7.17. The van der Waals surface area contributed by atoms with Crippen molar-refractivity contribution >= 4 is 27.4 Å². The first kappa shape index (κ1) is 19.7. The Morgan fingerprint density at radius 1 is 1.20 bits per heavy atom. The number of alkyl halides is 3. The number of nitrogens with zero attached hydrogens (tertiary/aromatic N) is 6. The molecule has 6 nitrogen and oxygen atoms in total. The number of aromatic nitrogens is 4. The first-order valence-electron chi connectivity index (χ1n) is 10.1. The number of thiophene rings is 1. The molecule has 2 saturated heterocycles. The second-order valence-electron chi connectivity index (χ2n) is 8.26. The molecule has 5 heterocycles. The maximum absolute atomic E-state index is 12.8. The van der Waals surface area contributed by atoms with Crippen molar-refractivity contribution in [2.75, 3.05) is 24.5 Å². The molecule has 2 atom stereocenters. The summed E-state index contributed by atoms with van der Waals surface area (Å²) in [5.41, 5.74) is 1.23. The molecular formula is C20H23F3N6S. The van der Waals surface area contributed by atoms with E-state index in [1.54, 1.807) is 6.07 Å². The second-order valence-corrected chi connectivity index (χ2v) is 9.38. The van der Waals surface area contributed by atoms with Gasteiger partial charge in [0.1, 0.15) is 17.0 Å². The van der Waals surface area contributed by atoms with Gasteiger partial charge in [0.25, 0.3) is 0 Å². The van der Waals surface area contributed by atoms with Gasteiger partial charge < -0.3 is 4.90 Å². The van der Waals surface area contributed by atoms with Crippen molar-refractivity contribution in [2.45, 2.75) is 38.0 Å². The summed E-state index contributed by atoms with van der Waals surface area (Å²) in [4.78, 5) is 14.4. The summed E-state index contributed by atoms with van der Waals surface area (Å²) in [6, 6.07) is 2.15. The maximum Gasteiger partial charge on any atom is 0.393 e. The molecular weight excluding hydrogens is 413 g/mol. The molecule has 0 saturated carbocycles. The van der Waals surface area contributed by atoms with Gasteiger partial charge in [0.05, 0.1) is 18.0 Å². The van der Waals surface area contributed by atoms with Crippen LogP contribution in [0.5, 0.6) is 0 Å². The lowest BCUT2D eigenvalue weighted by molar-refractivity contribution is -0.126. The van der Waals surface area contributed by atoms with Crippen molar-refractivity contribution in [2.24, 2.45) is 13.0 Å². The monoisotopic (exact) mass is 436 g/mol. The van der Waals surface area contributed by atoms with E-state index < -0.39 is 12.6 Å². The largest absolute Gasteiger partial charge is 0.393 e. The number of anilines is 1. The Morgan fingerprint density at radius 2 is 2.07 bits per heavy atom. The summed E-state index contributed by atoms with van der Waals surface area (Å²) >= 11 is 1.11.